The number of hydrogen-bond acceptors (Lipinski definition) is 1. The van der Waals surface area contributed by atoms with Gasteiger partial charge in [-0.1, -0.05) is 22.0 Å². The van der Waals surface area contributed by atoms with Crippen LogP contribution < -0.4 is 0 Å². The Kier molecular flexibility index (Phi) is 1.59. The van der Waals surface area contributed by atoms with E-state index in [4.69, 9.17) is 0 Å². The second-order valence-electron chi connectivity index (χ2n) is 2.60. The molecule has 1 aliphatic rings. The summed E-state index contributed by atoms with van der Waals surface area (Å²) in [7, 11) is -1.54. The van der Waals surface area contributed by atoms with Gasteiger partial charge in [0.1, 0.15) is 0 Å². The minimum atomic E-state index is -1.54. The second kappa shape index (κ2) is 2.12. The first-order chi connectivity index (χ1) is 4.13. The molecule has 9 heavy (non-hydrogen) atoms. The summed E-state index contributed by atoms with van der Waals surface area (Å²) in [5.41, 5.74) is 4.59. The first-order valence-electron chi connectivity index (χ1n) is 3.17. The maximum absolute atomic E-state index is 9.34. The molecule has 1 aliphatic heterocycles. The van der Waals surface area contributed by atoms with Gasteiger partial charge in [0.2, 0.25) is 9.04 Å². The molecule has 0 spiro atoms. The van der Waals surface area contributed by atoms with Crippen molar-refractivity contribution in [3.8, 4) is 0 Å². The van der Waals surface area contributed by atoms with Gasteiger partial charge in [0.15, 0.2) is 0 Å². The van der Waals surface area contributed by atoms with Crippen LogP contribution in [0.15, 0.2) is 22.0 Å². The third-order valence-electron chi connectivity index (χ3n) is 2.03. The van der Waals surface area contributed by atoms with Crippen molar-refractivity contribution < 1.29 is 4.80 Å². The fraction of sp³-hybridized carbons (Fsp3) is 0.429. The lowest BCUT2D eigenvalue weighted by molar-refractivity contribution is 0.594. The van der Waals surface area contributed by atoms with Gasteiger partial charge < -0.3 is 4.80 Å². The number of hydrogen-bond donors (Lipinski definition) is 1. The van der Waals surface area contributed by atoms with Gasteiger partial charge in [0.25, 0.3) is 0 Å². The second-order valence-corrected chi connectivity index (χ2v) is 4.69. The lowest BCUT2D eigenvalue weighted by Crippen LogP contribution is -2.07. The summed E-state index contributed by atoms with van der Waals surface area (Å²) in [5, 5.41) is 1.23. The van der Waals surface area contributed by atoms with Crippen LogP contribution >= 0.6 is 0 Å². The van der Waals surface area contributed by atoms with Crippen molar-refractivity contribution in [1.29, 1.82) is 0 Å². The van der Waals surface area contributed by atoms with Gasteiger partial charge in [0.05, 0.1) is 0 Å². The van der Waals surface area contributed by atoms with Crippen LogP contribution in [0.3, 0.4) is 0 Å². The highest BCUT2D eigenvalue weighted by Crippen LogP contribution is 2.22. The van der Waals surface area contributed by atoms with Gasteiger partial charge in [-0.15, -0.1) is 0 Å². The van der Waals surface area contributed by atoms with Crippen LogP contribution in [0.5, 0.6) is 0 Å². The molecule has 0 radical (unpaired) electrons. The molecule has 1 N–H and O–H groups in total. The highest BCUT2D eigenvalue weighted by Gasteiger charge is 2.16. The van der Waals surface area contributed by atoms with Crippen molar-refractivity contribution in [2.45, 2.75) is 20.8 Å². The van der Waals surface area contributed by atoms with E-state index in [2.05, 4.69) is 13.8 Å². The molecule has 0 aliphatic carbocycles. The number of rotatable bonds is 0. The van der Waals surface area contributed by atoms with E-state index in [0.717, 1.165) is 0 Å². The van der Waals surface area contributed by atoms with Crippen molar-refractivity contribution in [1.82, 2.24) is 0 Å². The van der Waals surface area contributed by atoms with Gasteiger partial charge in [-0.05, 0) is 20.8 Å². The number of allylic oxidation sites excluding steroid dienone is 3. The monoisotopic (exact) mass is 140 g/mol. The Bertz CT molecular complexity index is 191. The van der Waals surface area contributed by atoms with Crippen molar-refractivity contribution in [2.75, 3.05) is 0 Å². The third kappa shape index (κ3) is 1.000. The molecule has 0 bridgehead atoms. The van der Waals surface area contributed by atoms with Gasteiger partial charge in [-0.2, -0.15) is 0 Å². The maximum atomic E-state index is 9.34. The van der Waals surface area contributed by atoms with Gasteiger partial charge in [-0.25, -0.2) is 0 Å². The van der Waals surface area contributed by atoms with Crippen LogP contribution in [0.2, 0.25) is 0 Å². The van der Waals surface area contributed by atoms with Gasteiger partial charge in [0, 0.05) is 0 Å². The highest BCUT2D eigenvalue weighted by atomic mass is 28.3. The van der Waals surface area contributed by atoms with E-state index >= 15 is 0 Å². The van der Waals surface area contributed by atoms with E-state index in [1.165, 1.54) is 16.3 Å². The summed E-state index contributed by atoms with van der Waals surface area (Å²) in [5.74, 6) is 0. The summed E-state index contributed by atoms with van der Waals surface area (Å²) in [6, 6.07) is 0. The maximum Gasteiger partial charge on any atom is 0.225 e. The molecule has 0 saturated heterocycles. The predicted molar refractivity (Wildman–Crippen MR) is 41.5 cm³/mol. The summed E-state index contributed by atoms with van der Waals surface area (Å²) >= 11 is 0. The summed E-state index contributed by atoms with van der Waals surface area (Å²) < 4.78 is 0. The third-order valence-corrected chi connectivity index (χ3v) is 4.17. The lowest BCUT2D eigenvalue weighted by atomic mass is 10.1. The van der Waals surface area contributed by atoms with Crippen LogP contribution in [0, 0.1) is 0 Å². The van der Waals surface area contributed by atoms with Crippen LogP contribution in [0.1, 0.15) is 20.8 Å². The van der Waals surface area contributed by atoms with E-state index in [9.17, 15) is 4.80 Å². The molecule has 0 aromatic heterocycles. The zero-order valence-corrected chi connectivity index (χ0v) is 7.26. The predicted octanol–water partition coefficient (Wildman–Crippen LogP) is 1.08. The molecule has 0 amide bonds. The molecule has 0 saturated carbocycles. The smallest absolute Gasteiger partial charge is 0.225 e. The topological polar surface area (TPSA) is 20.2 Å². The summed E-state index contributed by atoms with van der Waals surface area (Å²) in [6.45, 7) is 6.16. The molecular formula is C7H12OSi. The van der Waals surface area contributed by atoms with Crippen LogP contribution in [-0.4, -0.2) is 13.8 Å². The molecule has 1 atom stereocenters. The van der Waals surface area contributed by atoms with Gasteiger partial charge >= 0.3 is 0 Å². The first kappa shape index (κ1) is 6.77. The van der Waals surface area contributed by atoms with Crippen LogP contribution in [-0.2, 0) is 0 Å². The van der Waals surface area contributed by atoms with Crippen LogP contribution in [0.4, 0.5) is 0 Å². The average molecular weight is 140 g/mol. The lowest BCUT2D eigenvalue weighted by Gasteiger charge is -1.97. The minimum Gasteiger partial charge on any atom is -0.427 e. The van der Waals surface area contributed by atoms with E-state index in [0.29, 0.717) is 0 Å². The van der Waals surface area contributed by atoms with Crippen molar-refractivity contribution in [3.05, 3.63) is 22.0 Å². The molecule has 0 aromatic carbocycles. The quantitative estimate of drug-likeness (QED) is 0.499. The molecule has 0 aromatic rings. The van der Waals surface area contributed by atoms with Crippen LogP contribution in [0.25, 0.3) is 0 Å². The van der Waals surface area contributed by atoms with Crippen molar-refractivity contribution in [2.24, 2.45) is 0 Å². The SMILES string of the molecule is CC1=C[SiH](O)C(C)=C1C. The average Bonchev–Trinajstić information content (AvgIpc) is 1.98. The zero-order chi connectivity index (χ0) is 7.02. The standard InChI is InChI=1S/C7H12OSi/c1-5-4-9(8)7(3)6(5)2/h4,8-9H,1-3H3. The van der Waals surface area contributed by atoms with Crippen molar-refractivity contribution in [3.63, 3.8) is 0 Å². The Morgan fingerprint density at radius 2 is 1.89 bits per heavy atom. The zero-order valence-electron chi connectivity index (χ0n) is 6.10. The molecule has 2 heteroatoms. The summed E-state index contributed by atoms with van der Waals surface area (Å²) in [4.78, 5) is 9.34. The van der Waals surface area contributed by atoms with E-state index in [1.807, 2.05) is 12.6 Å². The molecule has 1 rings (SSSR count). The Labute approximate surface area is 57.4 Å². The normalized spacial score (nSPS) is 27.1. The highest BCUT2D eigenvalue weighted by molar-refractivity contribution is 6.65. The Morgan fingerprint density at radius 3 is 2.00 bits per heavy atom. The fourth-order valence-electron chi connectivity index (χ4n) is 1.02. The Balaban J connectivity index is 2.97. The fourth-order valence-corrected chi connectivity index (χ4v) is 2.66. The first-order valence-corrected chi connectivity index (χ1v) is 4.93. The Hall–Kier alpha value is -0.343. The largest absolute Gasteiger partial charge is 0.427 e. The van der Waals surface area contributed by atoms with Crippen molar-refractivity contribution >= 4 is 9.04 Å². The summed E-state index contributed by atoms with van der Waals surface area (Å²) in [6.07, 6.45) is 0. The minimum absolute atomic E-state index is 1.23. The molecule has 0 fully saturated rings. The van der Waals surface area contributed by atoms with E-state index in [1.54, 1.807) is 0 Å². The van der Waals surface area contributed by atoms with E-state index < -0.39 is 9.04 Å². The molecular weight excluding hydrogens is 128 g/mol. The van der Waals surface area contributed by atoms with Gasteiger partial charge in [-0.3, -0.25) is 0 Å². The molecule has 1 nitrogen and oxygen atoms in total. The Morgan fingerprint density at radius 1 is 1.33 bits per heavy atom. The molecule has 1 unspecified atom stereocenters. The molecule has 1 heterocycles. The molecule has 50 valence electrons. The van der Waals surface area contributed by atoms with E-state index in [-0.39, 0.29) is 0 Å².